The van der Waals surface area contributed by atoms with Crippen molar-refractivity contribution in [2.75, 3.05) is 11.1 Å². The Hall–Kier alpha value is -5.14. The molecule has 0 spiro atoms. The second-order valence-electron chi connectivity index (χ2n) is 9.65. The van der Waals surface area contributed by atoms with Crippen LogP contribution in [0.25, 0.3) is 17.2 Å². The van der Waals surface area contributed by atoms with Crippen LogP contribution in [0.5, 0.6) is 5.75 Å². The third-order valence-electron chi connectivity index (χ3n) is 6.97. The predicted octanol–water partition coefficient (Wildman–Crippen LogP) is 4.62. The fraction of sp³-hybridized carbons (Fsp3) is 0.148. The van der Waals surface area contributed by atoms with Crippen molar-refractivity contribution in [2.24, 2.45) is 0 Å². The molecule has 0 saturated heterocycles. The van der Waals surface area contributed by atoms with Gasteiger partial charge in [-0.1, -0.05) is 6.07 Å². The lowest BCUT2D eigenvalue weighted by atomic mass is 9.77. The van der Waals surface area contributed by atoms with E-state index in [1.807, 2.05) is 0 Å². The Morgan fingerprint density at radius 2 is 1.80 bits per heavy atom. The summed E-state index contributed by atoms with van der Waals surface area (Å²) in [6, 6.07) is 5.74. The van der Waals surface area contributed by atoms with Crippen LogP contribution < -0.4 is 11.1 Å². The van der Waals surface area contributed by atoms with Crippen molar-refractivity contribution in [1.29, 1.82) is 0 Å². The zero-order chi connectivity index (χ0) is 29.3. The number of nitrogens with two attached hydrogens (primary N) is 1. The third kappa shape index (κ3) is 4.27. The largest absolute Gasteiger partial charge is 0.507 e. The Morgan fingerprint density at radius 3 is 2.49 bits per heavy atom. The molecule has 1 aliphatic heterocycles. The Bertz CT molecular complexity index is 1870. The second kappa shape index (κ2) is 8.94. The van der Waals surface area contributed by atoms with Gasteiger partial charge >= 0.3 is 6.18 Å². The summed E-state index contributed by atoms with van der Waals surface area (Å²) in [6.45, 7) is 1.43. The van der Waals surface area contributed by atoms with Crippen LogP contribution in [0, 0.1) is 11.6 Å². The summed E-state index contributed by atoms with van der Waals surface area (Å²) >= 11 is 0. The molecule has 1 atom stereocenters. The Kier molecular flexibility index (Phi) is 5.69. The van der Waals surface area contributed by atoms with Gasteiger partial charge in [-0.05, 0) is 42.3 Å². The number of fused-ring (bicyclic) bond motifs is 2. The van der Waals surface area contributed by atoms with Gasteiger partial charge in [-0.2, -0.15) is 13.2 Å². The molecule has 1 amide bonds. The summed E-state index contributed by atoms with van der Waals surface area (Å²) in [4.78, 5) is 30.7. The average Bonchev–Trinajstić information content (AvgIpc) is 3.45. The van der Waals surface area contributed by atoms with Crippen LogP contribution in [-0.4, -0.2) is 35.4 Å². The van der Waals surface area contributed by atoms with Crippen molar-refractivity contribution < 1.29 is 31.9 Å². The number of aromatic hydroxyl groups is 1. The smallest absolute Gasteiger partial charge is 0.419 e. The first-order chi connectivity index (χ1) is 19.3. The zero-order valence-corrected chi connectivity index (χ0v) is 21.0. The zero-order valence-electron chi connectivity index (χ0n) is 21.0. The summed E-state index contributed by atoms with van der Waals surface area (Å²) in [6.07, 6.45) is -0.0670. The molecule has 9 nitrogen and oxygen atoms in total. The number of hydrogen-bond acceptors (Lipinski definition) is 7. The maximum Gasteiger partial charge on any atom is 0.419 e. The molecule has 0 unspecified atom stereocenters. The van der Waals surface area contributed by atoms with E-state index in [4.69, 9.17) is 5.73 Å². The highest BCUT2D eigenvalue weighted by molar-refractivity contribution is 6.09. The van der Waals surface area contributed by atoms with E-state index in [0.717, 1.165) is 18.2 Å². The Morgan fingerprint density at radius 1 is 1.07 bits per heavy atom. The second-order valence-corrected chi connectivity index (χ2v) is 9.65. The van der Waals surface area contributed by atoms with Crippen molar-refractivity contribution in [1.82, 2.24) is 24.3 Å². The SMILES string of the molecule is C[C@]1(c2ccc(C(F)(F)F)c(O)c2)C(=O)Nc2nc(-c3cn4ccnc4c(Cc4cc(F)cc(F)c4)n3)nc(N)c21. The first-order valence-corrected chi connectivity index (χ1v) is 12.0. The van der Waals surface area contributed by atoms with E-state index in [-0.39, 0.29) is 40.7 Å². The molecule has 0 saturated carbocycles. The number of phenolic OH excluding ortho intramolecular Hbond substituents is 1. The van der Waals surface area contributed by atoms with Crippen LogP contribution in [0.15, 0.2) is 55.0 Å². The Balaban J connectivity index is 1.44. The molecular formula is C27H18F5N7O2. The molecule has 4 heterocycles. The van der Waals surface area contributed by atoms with E-state index in [1.54, 1.807) is 16.8 Å². The molecule has 1 aliphatic rings. The molecule has 0 radical (unpaired) electrons. The number of amides is 1. The van der Waals surface area contributed by atoms with E-state index in [2.05, 4.69) is 25.3 Å². The number of alkyl halides is 3. The molecule has 4 N–H and O–H groups in total. The molecule has 14 heteroatoms. The molecule has 2 aromatic carbocycles. The number of hydrogen-bond donors (Lipinski definition) is 3. The fourth-order valence-corrected chi connectivity index (χ4v) is 5.01. The highest BCUT2D eigenvalue weighted by Gasteiger charge is 2.48. The number of nitrogens with one attached hydrogen (secondary N) is 1. The minimum absolute atomic E-state index is 0.00309. The number of carbonyl (C=O) groups is 1. The summed E-state index contributed by atoms with van der Waals surface area (Å²) in [7, 11) is 0. The lowest BCUT2D eigenvalue weighted by Gasteiger charge is -2.24. The van der Waals surface area contributed by atoms with Gasteiger partial charge in [0, 0.05) is 31.1 Å². The molecule has 208 valence electrons. The van der Waals surface area contributed by atoms with Crippen LogP contribution >= 0.6 is 0 Å². The van der Waals surface area contributed by atoms with Crippen molar-refractivity contribution in [2.45, 2.75) is 24.9 Å². The maximum atomic E-state index is 13.8. The molecule has 41 heavy (non-hydrogen) atoms. The first kappa shape index (κ1) is 26.1. The standard InChI is InChI=1S/C27H18F5N7O2/c1-26(13-2-3-16(19(40)9-13)27(30,31)32)20-21(33)36-22(37-23(20)38-25(26)41)18-11-39-5-4-34-24(39)17(35-18)8-12-6-14(28)10-15(29)7-12/h2-7,9-11,40H,8H2,1H3,(H3,33,36,37,38,41)/t26-/m1/s1. The van der Waals surface area contributed by atoms with Gasteiger partial charge in [0.05, 0.1) is 16.8 Å². The van der Waals surface area contributed by atoms with Gasteiger partial charge in [0.1, 0.15) is 40.1 Å². The molecule has 5 aromatic rings. The molecule has 6 rings (SSSR count). The topological polar surface area (TPSA) is 131 Å². The average molecular weight is 567 g/mol. The van der Waals surface area contributed by atoms with Gasteiger partial charge < -0.3 is 20.6 Å². The van der Waals surface area contributed by atoms with Crippen LogP contribution in [0.1, 0.15) is 34.9 Å². The minimum Gasteiger partial charge on any atom is -0.507 e. The van der Waals surface area contributed by atoms with E-state index in [1.165, 1.54) is 25.3 Å². The first-order valence-electron chi connectivity index (χ1n) is 12.0. The van der Waals surface area contributed by atoms with Gasteiger partial charge in [-0.3, -0.25) is 4.79 Å². The van der Waals surface area contributed by atoms with E-state index in [0.29, 0.717) is 23.0 Å². The number of halogens is 5. The van der Waals surface area contributed by atoms with Crippen molar-refractivity contribution in [3.63, 3.8) is 0 Å². The monoisotopic (exact) mass is 567 g/mol. The maximum absolute atomic E-state index is 13.8. The highest BCUT2D eigenvalue weighted by Crippen LogP contribution is 2.47. The molecule has 3 aromatic heterocycles. The van der Waals surface area contributed by atoms with Gasteiger partial charge in [-0.25, -0.2) is 28.7 Å². The number of phenols is 1. The number of carbonyl (C=O) groups excluding carboxylic acids is 1. The van der Waals surface area contributed by atoms with Crippen molar-refractivity contribution in [3.8, 4) is 17.3 Å². The van der Waals surface area contributed by atoms with Crippen LogP contribution in [0.4, 0.5) is 33.6 Å². The van der Waals surface area contributed by atoms with Gasteiger partial charge in [-0.15, -0.1) is 0 Å². The summed E-state index contributed by atoms with van der Waals surface area (Å²) < 4.78 is 68.7. The quantitative estimate of drug-likeness (QED) is 0.270. The fourth-order valence-electron chi connectivity index (χ4n) is 5.01. The van der Waals surface area contributed by atoms with Crippen molar-refractivity contribution >= 4 is 23.2 Å². The lowest BCUT2D eigenvalue weighted by Crippen LogP contribution is -2.33. The number of benzene rings is 2. The number of anilines is 2. The Labute approximate surface area is 227 Å². The third-order valence-corrected chi connectivity index (χ3v) is 6.97. The van der Waals surface area contributed by atoms with Crippen molar-refractivity contribution in [3.05, 3.63) is 94.6 Å². The van der Waals surface area contributed by atoms with Gasteiger partial charge in [0.25, 0.3) is 0 Å². The minimum atomic E-state index is -4.79. The van der Waals surface area contributed by atoms with E-state index in [9.17, 15) is 31.9 Å². The molecular weight excluding hydrogens is 549 g/mol. The lowest BCUT2D eigenvalue weighted by molar-refractivity contribution is -0.138. The number of rotatable bonds is 4. The number of imidazole rings is 1. The number of nitrogen functional groups attached to an aromatic ring is 1. The van der Waals surface area contributed by atoms with Crippen LogP contribution in [-0.2, 0) is 22.8 Å². The molecule has 0 aliphatic carbocycles. The van der Waals surface area contributed by atoms with Gasteiger partial charge in [0.15, 0.2) is 11.5 Å². The van der Waals surface area contributed by atoms with E-state index < -0.39 is 40.4 Å². The normalized spacial score (nSPS) is 16.7. The van der Waals surface area contributed by atoms with Crippen LogP contribution in [0.2, 0.25) is 0 Å². The predicted molar refractivity (Wildman–Crippen MR) is 136 cm³/mol. The summed E-state index contributed by atoms with van der Waals surface area (Å²) in [5, 5.41) is 12.7. The van der Waals surface area contributed by atoms with E-state index >= 15 is 0 Å². The number of nitrogens with zero attached hydrogens (tertiary/aromatic N) is 5. The number of aromatic nitrogens is 5. The van der Waals surface area contributed by atoms with Gasteiger partial charge in [0.2, 0.25) is 5.91 Å². The molecule has 0 fully saturated rings. The summed E-state index contributed by atoms with van der Waals surface area (Å²) in [5.41, 5.74) is 4.89. The summed E-state index contributed by atoms with van der Waals surface area (Å²) in [5.74, 6) is -3.31. The molecule has 0 bridgehead atoms. The van der Waals surface area contributed by atoms with Crippen LogP contribution in [0.3, 0.4) is 0 Å². The highest BCUT2D eigenvalue weighted by atomic mass is 19.4.